The van der Waals surface area contributed by atoms with Crippen molar-refractivity contribution in [1.29, 1.82) is 0 Å². The summed E-state index contributed by atoms with van der Waals surface area (Å²) in [6, 6.07) is 3.44. The van der Waals surface area contributed by atoms with Crippen LogP contribution in [0.3, 0.4) is 0 Å². The summed E-state index contributed by atoms with van der Waals surface area (Å²) in [5, 5.41) is 0. The average Bonchev–Trinajstić information content (AvgIpc) is 2.63. The number of esters is 1. The highest BCUT2D eigenvalue weighted by Crippen LogP contribution is 2.30. The molecule has 0 fully saturated rings. The lowest BCUT2D eigenvalue weighted by Crippen LogP contribution is -2.11. The van der Waals surface area contributed by atoms with Crippen LogP contribution in [0.4, 0.5) is 0 Å². The third-order valence-electron chi connectivity index (χ3n) is 3.91. The second-order valence-electron chi connectivity index (χ2n) is 6.27. The molecule has 0 spiro atoms. The van der Waals surface area contributed by atoms with Crippen LogP contribution >= 0.6 is 0 Å². The van der Waals surface area contributed by atoms with Crippen LogP contribution in [0.5, 0.6) is 11.5 Å². The minimum absolute atomic E-state index is 0.102. The van der Waals surface area contributed by atoms with Crippen LogP contribution in [-0.4, -0.2) is 34.1 Å². The highest BCUT2D eigenvalue weighted by molar-refractivity contribution is 5.92. The molecule has 5 nitrogen and oxygen atoms in total. The molecule has 0 heterocycles. The van der Waals surface area contributed by atoms with Gasteiger partial charge in [0.2, 0.25) is 0 Å². The molecule has 0 saturated carbocycles. The molecular weight excluding hydrogens is 332 g/mol. The highest BCUT2D eigenvalue weighted by Gasteiger charge is 2.18. The first-order valence-corrected chi connectivity index (χ1v) is 8.62. The molecule has 0 aromatic heterocycles. The van der Waals surface area contributed by atoms with Crippen LogP contribution in [0.25, 0.3) is 0 Å². The summed E-state index contributed by atoms with van der Waals surface area (Å²) in [4.78, 5) is 12.4. The number of methoxy groups -OCH3 is 3. The van der Waals surface area contributed by atoms with E-state index in [4.69, 9.17) is 18.9 Å². The van der Waals surface area contributed by atoms with Crippen LogP contribution in [0.2, 0.25) is 0 Å². The Labute approximate surface area is 156 Å². The molecule has 0 bridgehead atoms. The van der Waals surface area contributed by atoms with E-state index in [1.54, 1.807) is 26.4 Å². The highest BCUT2D eigenvalue weighted by atomic mass is 16.7. The van der Waals surface area contributed by atoms with Crippen molar-refractivity contribution < 1.29 is 23.7 Å². The smallest absolute Gasteiger partial charge is 0.340 e. The maximum absolute atomic E-state index is 12.4. The maximum Gasteiger partial charge on any atom is 0.340 e. The molecule has 0 aliphatic carbocycles. The summed E-state index contributed by atoms with van der Waals surface area (Å²) in [7, 11) is 4.60. The first-order valence-electron chi connectivity index (χ1n) is 8.62. The molecule has 0 N–H and O–H groups in total. The molecule has 0 saturated heterocycles. The van der Waals surface area contributed by atoms with E-state index in [1.807, 2.05) is 0 Å². The summed E-state index contributed by atoms with van der Waals surface area (Å²) in [5.41, 5.74) is 3.77. The number of benzene rings is 1. The number of hydrogen-bond donors (Lipinski definition) is 0. The lowest BCUT2D eigenvalue weighted by atomic mass is 10.00. The van der Waals surface area contributed by atoms with E-state index >= 15 is 0 Å². The number of rotatable bonds is 10. The standard InChI is InChI=1S/C21H30O5/c1-15(2)8-7-9-16(3)10-11-18-19(21(22)26-14-23-4)12-17(24-5)13-20(18)25-6/h8,10,12-13H,7,9,11,14H2,1-6H3/b16-10+. The quantitative estimate of drug-likeness (QED) is 0.343. The Balaban J connectivity index is 3.09. The van der Waals surface area contributed by atoms with Crippen molar-refractivity contribution in [3.8, 4) is 11.5 Å². The number of hydrogen-bond acceptors (Lipinski definition) is 5. The Kier molecular flexibility index (Phi) is 9.52. The number of carbonyl (C=O) groups is 1. The van der Waals surface area contributed by atoms with E-state index in [0.29, 0.717) is 23.5 Å². The predicted octanol–water partition coefficient (Wildman–Crippen LogP) is 4.70. The molecule has 0 amide bonds. The van der Waals surface area contributed by atoms with E-state index in [-0.39, 0.29) is 6.79 Å². The largest absolute Gasteiger partial charge is 0.497 e. The maximum atomic E-state index is 12.4. The average molecular weight is 362 g/mol. The van der Waals surface area contributed by atoms with Gasteiger partial charge in [0, 0.05) is 18.7 Å². The third kappa shape index (κ3) is 6.92. The Morgan fingerprint density at radius 1 is 1.04 bits per heavy atom. The van der Waals surface area contributed by atoms with E-state index in [0.717, 1.165) is 18.4 Å². The minimum atomic E-state index is -0.463. The SMILES string of the molecule is COCOC(=O)c1cc(OC)cc(OC)c1C/C=C(\C)CCC=C(C)C. The van der Waals surface area contributed by atoms with Crippen molar-refractivity contribution >= 4 is 5.97 Å². The predicted molar refractivity (Wildman–Crippen MR) is 103 cm³/mol. The summed E-state index contributed by atoms with van der Waals surface area (Å²) in [6.45, 7) is 6.19. The minimum Gasteiger partial charge on any atom is -0.497 e. The summed E-state index contributed by atoms with van der Waals surface area (Å²) in [5.74, 6) is 0.677. The first kappa shape index (κ1) is 21.8. The van der Waals surface area contributed by atoms with Crippen LogP contribution in [0, 0.1) is 0 Å². The van der Waals surface area contributed by atoms with Gasteiger partial charge in [0.05, 0.1) is 19.8 Å². The number of ether oxygens (including phenoxy) is 4. The summed E-state index contributed by atoms with van der Waals surface area (Å²) in [6.07, 6.45) is 6.90. The fraction of sp³-hybridized carbons (Fsp3) is 0.476. The molecule has 1 aromatic rings. The van der Waals surface area contributed by atoms with Crippen molar-refractivity contribution in [1.82, 2.24) is 0 Å². The van der Waals surface area contributed by atoms with Gasteiger partial charge in [0.15, 0.2) is 6.79 Å². The Morgan fingerprint density at radius 2 is 1.77 bits per heavy atom. The molecule has 0 aliphatic heterocycles. The van der Waals surface area contributed by atoms with Crippen LogP contribution in [0.15, 0.2) is 35.4 Å². The van der Waals surface area contributed by atoms with Crippen molar-refractivity contribution in [3.63, 3.8) is 0 Å². The third-order valence-corrected chi connectivity index (χ3v) is 3.91. The van der Waals surface area contributed by atoms with Gasteiger partial charge in [-0.25, -0.2) is 4.79 Å². The topological polar surface area (TPSA) is 54.0 Å². The molecule has 0 unspecified atom stereocenters. The van der Waals surface area contributed by atoms with Crippen molar-refractivity contribution in [2.24, 2.45) is 0 Å². The van der Waals surface area contributed by atoms with Gasteiger partial charge in [0.25, 0.3) is 0 Å². The van der Waals surface area contributed by atoms with Crippen molar-refractivity contribution in [2.75, 3.05) is 28.1 Å². The van der Waals surface area contributed by atoms with Crippen molar-refractivity contribution in [3.05, 3.63) is 46.6 Å². The van der Waals surface area contributed by atoms with E-state index in [9.17, 15) is 4.79 Å². The zero-order valence-electron chi connectivity index (χ0n) is 16.7. The molecule has 1 rings (SSSR count). The van der Waals surface area contributed by atoms with Gasteiger partial charge in [-0.3, -0.25) is 0 Å². The number of allylic oxidation sites excluding steroid dienone is 4. The van der Waals surface area contributed by atoms with Gasteiger partial charge in [-0.05, 0) is 46.1 Å². The zero-order valence-corrected chi connectivity index (χ0v) is 16.7. The molecule has 0 aliphatic rings. The fourth-order valence-corrected chi connectivity index (χ4v) is 2.47. The molecule has 1 aromatic carbocycles. The Hall–Kier alpha value is -2.27. The molecule has 0 radical (unpaired) electrons. The first-order chi connectivity index (χ1) is 12.4. The Morgan fingerprint density at radius 3 is 2.35 bits per heavy atom. The second kappa shape index (κ2) is 11.4. The molecular formula is C21H30O5. The van der Waals surface area contributed by atoms with Crippen LogP contribution < -0.4 is 9.47 Å². The van der Waals surface area contributed by atoms with Crippen molar-refractivity contribution in [2.45, 2.75) is 40.0 Å². The normalized spacial score (nSPS) is 11.1. The monoisotopic (exact) mass is 362 g/mol. The van der Waals surface area contributed by atoms with Crippen LogP contribution in [-0.2, 0) is 15.9 Å². The van der Waals surface area contributed by atoms with Gasteiger partial charge in [-0.1, -0.05) is 23.3 Å². The van der Waals surface area contributed by atoms with E-state index in [2.05, 4.69) is 32.9 Å². The lowest BCUT2D eigenvalue weighted by molar-refractivity contribution is -0.0126. The van der Waals surface area contributed by atoms with E-state index < -0.39 is 5.97 Å². The fourth-order valence-electron chi connectivity index (χ4n) is 2.47. The summed E-state index contributed by atoms with van der Waals surface area (Å²) < 4.78 is 20.7. The Bertz CT molecular complexity index is 655. The molecule has 26 heavy (non-hydrogen) atoms. The second-order valence-corrected chi connectivity index (χ2v) is 6.27. The molecule has 5 heteroatoms. The summed E-state index contributed by atoms with van der Waals surface area (Å²) >= 11 is 0. The van der Waals surface area contributed by atoms with Gasteiger partial charge in [0.1, 0.15) is 11.5 Å². The van der Waals surface area contributed by atoms with Gasteiger partial charge in [-0.15, -0.1) is 0 Å². The van der Waals surface area contributed by atoms with E-state index in [1.165, 1.54) is 18.3 Å². The van der Waals surface area contributed by atoms with Gasteiger partial charge >= 0.3 is 5.97 Å². The molecule has 144 valence electrons. The van der Waals surface area contributed by atoms with Gasteiger partial charge < -0.3 is 18.9 Å². The molecule has 0 atom stereocenters. The number of carbonyl (C=O) groups excluding carboxylic acids is 1. The van der Waals surface area contributed by atoms with Crippen LogP contribution in [0.1, 0.15) is 49.5 Å². The lowest BCUT2D eigenvalue weighted by Gasteiger charge is -2.14. The van der Waals surface area contributed by atoms with Gasteiger partial charge in [-0.2, -0.15) is 0 Å². The zero-order chi connectivity index (χ0) is 19.5.